The monoisotopic (exact) mass is 398 g/mol. The van der Waals surface area contributed by atoms with Crippen molar-refractivity contribution < 1.29 is 9.18 Å². The van der Waals surface area contributed by atoms with Crippen LogP contribution >= 0.6 is 24.2 Å². The molecule has 3 rings (SSSR count). The molecule has 1 saturated heterocycles. The molecule has 1 fully saturated rings. The summed E-state index contributed by atoms with van der Waals surface area (Å²) >= 11 is 1.65. The highest BCUT2D eigenvalue weighted by molar-refractivity contribution is 7.99. The van der Waals surface area contributed by atoms with Crippen LogP contribution in [-0.4, -0.2) is 41.1 Å². The summed E-state index contributed by atoms with van der Waals surface area (Å²) in [6.45, 7) is 2.56. The van der Waals surface area contributed by atoms with Gasteiger partial charge in [0.05, 0.1) is 6.04 Å². The van der Waals surface area contributed by atoms with Crippen LogP contribution in [0.15, 0.2) is 41.4 Å². The zero-order valence-electron chi connectivity index (χ0n) is 14.5. The maximum absolute atomic E-state index is 12.8. The second-order valence-corrected chi connectivity index (χ2v) is 7.26. The van der Waals surface area contributed by atoms with Gasteiger partial charge in [-0.3, -0.25) is 9.48 Å². The Hall–Kier alpha value is -1.57. The van der Waals surface area contributed by atoms with Crippen molar-refractivity contribution in [3.05, 3.63) is 48.0 Å². The van der Waals surface area contributed by atoms with Crippen LogP contribution in [0.2, 0.25) is 0 Å². The number of hydrogen-bond acceptors (Lipinski definition) is 4. The van der Waals surface area contributed by atoms with Crippen LogP contribution in [0, 0.1) is 5.82 Å². The Labute approximate surface area is 163 Å². The number of nitrogens with zero attached hydrogens (tertiary/aromatic N) is 2. The van der Waals surface area contributed by atoms with E-state index in [-0.39, 0.29) is 24.1 Å². The summed E-state index contributed by atoms with van der Waals surface area (Å²) in [7, 11) is 0. The quantitative estimate of drug-likeness (QED) is 0.555. The van der Waals surface area contributed by atoms with Crippen LogP contribution in [0.3, 0.4) is 0 Å². The number of halogens is 2. The molecule has 26 heavy (non-hydrogen) atoms. The molecule has 1 amide bonds. The highest BCUT2D eigenvalue weighted by Gasteiger charge is 2.17. The number of piperidine rings is 1. The van der Waals surface area contributed by atoms with E-state index in [0.717, 1.165) is 43.0 Å². The van der Waals surface area contributed by atoms with Crippen LogP contribution in [0.5, 0.6) is 0 Å². The number of thioether (sulfide) groups is 1. The third kappa shape index (κ3) is 6.00. The van der Waals surface area contributed by atoms with Gasteiger partial charge in [0.15, 0.2) is 0 Å². The average molecular weight is 399 g/mol. The van der Waals surface area contributed by atoms with Crippen molar-refractivity contribution in [3.63, 3.8) is 0 Å². The molecule has 0 spiro atoms. The number of aromatic nitrogens is 2. The summed E-state index contributed by atoms with van der Waals surface area (Å²) in [5, 5.41) is 10.7. The minimum Gasteiger partial charge on any atom is -0.351 e. The Bertz CT molecular complexity index is 689. The van der Waals surface area contributed by atoms with Crippen molar-refractivity contribution in [3.8, 4) is 0 Å². The molecule has 0 aliphatic carbocycles. The molecule has 2 aromatic rings. The minimum atomic E-state index is -0.222. The molecule has 0 bridgehead atoms. The van der Waals surface area contributed by atoms with Gasteiger partial charge in [0.1, 0.15) is 11.5 Å². The molecule has 2 heterocycles. The molecule has 1 aromatic heterocycles. The highest BCUT2D eigenvalue weighted by atomic mass is 35.5. The van der Waals surface area contributed by atoms with Crippen LogP contribution in [0.4, 0.5) is 4.39 Å². The Morgan fingerprint density at radius 1 is 1.35 bits per heavy atom. The first-order valence-corrected chi connectivity index (χ1v) is 9.63. The van der Waals surface area contributed by atoms with Crippen LogP contribution in [0.25, 0.3) is 0 Å². The normalized spacial score (nSPS) is 16.7. The summed E-state index contributed by atoms with van der Waals surface area (Å²) < 4.78 is 14.7. The maximum Gasteiger partial charge on any atom is 0.271 e. The lowest BCUT2D eigenvalue weighted by atomic mass is 10.1. The predicted molar refractivity (Wildman–Crippen MR) is 105 cm³/mol. The summed E-state index contributed by atoms with van der Waals surface area (Å²) in [4.78, 5) is 13.2. The summed E-state index contributed by atoms with van der Waals surface area (Å²) in [5.74, 6) is 0.517. The second kappa shape index (κ2) is 10.5. The average Bonchev–Trinajstić information content (AvgIpc) is 3.14. The topological polar surface area (TPSA) is 59.0 Å². The van der Waals surface area contributed by atoms with E-state index in [1.807, 2.05) is 10.9 Å². The molecular weight excluding hydrogens is 375 g/mol. The molecule has 0 radical (unpaired) electrons. The fourth-order valence-corrected chi connectivity index (χ4v) is 3.66. The van der Waals surface area contributed by atoms with E-state index in [2.05, 4.69) is 15.7 Å². The molecule has 0 saturated carbocycles. The molecule has 1 atom stereocenters. The highest BCUT2D eigenvalue weighted by Crippen LogP contribution is 2.18. The van der Waals surface area contributed by atoms with Crippen molar-refractivity contribution in [1.82, 2.24) is 20.4 Å². The first kappa shape index (κ1) is 20.7. The van der Waals surface area contributed by atoms with Gasteiger partial charge < -0.3 is 10.6 Å². The molecule has 5 nitrogen and oxygen atoms in total. The second-order valence-electron chi connectivity index (χ2n) is 6.09. The van der Waals surface area contributed by atoms with Crippen molar-refractivity contribution >= 4 is 30.1 Å². The Morgan fingerprint density at radius 2 is 2.15 bits per heavy atom. The summed E-state index contributed by atoms with van der Waals surface area (Å²) in [6.07, 6.45) is 4.96. The standard InChI is InChI=1S/C18H23FN4OS.ClH/c19-14-4-6-16(7-5-14)25-12-2-10-21-18(24)17-8-11-23(22-17)15-3-1-9-20-13-15;/h4-8,11,15,20H,1-3,9-10,12-13H2,(H,21,24);1H. The van der Waals surface area contributed by atoms with Gasteiger partial charge in [-0.1, -0.05) is 0 Å². The summed E-state index contributed by atoms with van der Waals surface area (Å²) in [6, 6.07) is 8.57. The smallest absolute Gasteiger partial charge is 0.271 e. The number of carbonyl (C=O) groups excluding carboxylic acids is 1. The lowest BCUT2D eigenvalue weighted by Crippen LogP contribution is -2.32. The zero-order chi connectivity index (χ0) is 17.5. The lowest BCUT2D eigenvalue weighted by Gasteiger charge is -2.22. The largest absolute Gasteiger partial charge is 0.351 e. The zero-order valence-corrected chi connectivity index (χ0v) is 16.1. The van der Waals surface area contributed by atoms with Gasteiger partial charge in [-0.05, 0) is 61.9 Å². The predicted octanol–water partition coefficient (Wildman–Crippen LogP) is 3.28. The third-order valence-electron chi connectivity index (χ3n) is 4.18. The number of benzene rings is 1. The van der Waals surface area contributed by atoms with Gasteiger partial charge in [0, 0.05) is 24.2 Å². The Balaban J connectivity index is 0.00000243. The van der Waals surface area contributed by atoms with E-state index < -0.39 is 0 Å². The van der Waals surface area contributed by atoms with Crippen molar-refractivity contribution in [2.75, 3.05) is 25.4 Å². The van der Waals surface area contributed by atoms with E-state index in [0.29, 0.717) is 18.3 Å². The van der Waals surface area contributed by atoms with Gasteiger partial charge in [-0.2, -0.15) is 5.10 Å². The Kier molecular flexibility index (Phi) is 8.41. The number of hydrogen-bond donors (Lipinski definition) is 2. The molecule has 1 aliphatic heterocycles. The SMILES string of the molecule is Cl.O=C(NCCCSc1ccc(F)cc1)c1ccn(C2CCCNC2)n1. The van der Waals surface area contributed by atoms with Crippen LogP contribution < -0.4 is 10.6 Å². The van der Waals surface area contributed by atoms with Crippen molar-refractivity contribution in [1.29, 1.82) is 0 Å². The molecule has 142 valence electrons. The summed E-state index contributed by atoms with van der Waals surface area (Å²) in [5.41, 5.74) is 0.469. The van der Waals surface area contributed by atoms with Crippen LogP contribution in [-0.2, 0) is 0 Å². The van der Waals surface area contributed by atoms with Crippen LogP contribution in [0.1, 0.15) is 35.8 Å². The minimum absolute atomic E-state index is 0. The number of rotatable bonds is 7. The van der Waals surface area contributed by atoms with Gasteiger partial charge in [-0.25, -0.2) is 4.39 Å². The lowest BCUT2D eigenvalue weighted by molar-refractivity contribution is 0.0947. The molecule has 2 N–H and O–H groups in total. The van der Waals surface area contributed by atoms with E-state index in [4.69, 9.17) is 0 Å². The van der Waals surface area contributed by atoms with E-state index in [1.165, 1.54) is 12.1 Å². The maximum atomic E-state index is 12.8. The van der Waals surface area contributed by atoms with E-state index in [9.17, 15) is 9.18 Å². The first-order chi connectivity index (χ1) is 12.2. The third-order valence-corrected chi connectivity index (χ3v) is 5.27. The molecule has 8 heteroatoms. The van der Waals surface area contributed by atoms with Gasteiger partial charge in [0.25, 0.3) is 5.91 Å². The number of nitrogens with one attached hydrogen (secondary N) is 2. The number of amides is 1. The van der Waals surface area contributed by atoms with E-state index in [1.54, 1.807) is 30.0 Å². The fraction of sp³-hybridized carbons (Fsp3) is 0.444. The fourth-order valence-electron chi connectivity index (χ4n) is 2.81. The van der Waals surface area contributed by atoms with Gasteiger partial charge in [-0.15, -0.1) is 24.2 Å². The van der Waals surface area contributed by atoms with Crippen molar-refractivity contribution in [2.24, 2.45) is 0 Å². The molecule has 1 unspecified atom stereocenters. The molecule has 1 aliphatic rings. The van der Waals surface area contributed by atoms with E-state index >= 15 is 0 Å². The first-order valence-electron chi connectivity index (χ1n) is 8.65. The van der Waals surface area contributed by atoms with Gasteiger partial charge in [0.2, 0.25) is 0 Å². The van der Waals surface area contributed by atoms with Crippen molar-refractivity contribution in [2.45, 2.75) is 30.2 Å². The Morgan fingerprint density at radius 3 is 2.88 bits per heavy atom. The molecule has 1 aromatic carbocycles. The molecular formula is C18H24ClFN4OS. The van der Waals surface area contributed by atoms with Gasteiger partial charge >= 0.3 is 0 Å². The number of carbonyl (C=O) groups is 1.